The third kappa shape index (κ3) is 4.98. The first-order chi connectivity index (χ1) is 13.2. The van der Waals surface area contributed by atoms with Crippen molar-refractivity contribution in [2.45, 2.75) is 45.4 Å². The van der Waals surface area contributed by atoms with Gasteiger partial charge in [0.2, 0.25) is 8.32 Å². The van der Waals surface area contributed by atoms with Crippen LogP contribution in [0.15, 0.2) is 67.0 Å². The van der Waals surface area contributed by atoms with Crippen molar-refractivity contribution in [3.8, 4) is 17.0 Å². The van der Waals surface area contributed by atoms with Crippen LogP contribution in [0.25, 0.3) is 11.3 Å². The molecule has 5 heteroatoms. The van der Waals surface area contributed by atoms with Crippen molar-refractivity contribution in [1.29, 1.82) is 0 Å². The van der Waals surface area contributed by atoms with E-state index in [1.165, 1.54) is 5.56 Å². The monoisotopic (exact) mass is 391 g/mol. The standard InChI is InChI=1S/C23H29N3OSi/c1-23(2,3)28(4,5)27-20-13-9-12-19(14-20)21-16-26-22(17-24-21)25-15-18-10-7-6-8-11-18/h6-14,16-17H,15H2,1-5H3,(H,25,26). The average molecular weight is 392 g/mol. The molecule has 4 nitrogen and oxygen atoms in total. The van der Waals surface area contributed by atoms with E-state index in [0.717, 1.165) is 29.4 Å². The van der Waals surface area contributed by atoms with Crippen LogP contribution >= 0.6 is 0 Å². The van der Waals surface area contributed by atoms with Crippen LogP contribution in [0.3, 0.4) is 0 Å². The Labute approximate surface area is 169 Å². The fraction of sp³-hybridized carbons (Fsp3) is 0.304. The van der Waals surface area contributed by atoms with Crippen LogP contribution in [0.2, 0.25) is 18.1 Å². The van der Waals surface area contributed by atoms with Crippen LogP contribution in [-0.2, 0) is 6.54 Å². The van der Waals surface area contributed by atoms with E-state index in [4.69, 9.17) is 4.43 Å². The van der Waals surface area contributed by atoms with Crippen molar-refractivity contribution in [3.05, 3.63) is 72.6 Å². The van der Waals surface area contributed by atoms with E-state index >= 15 is 0 Å². The van der Waals surface area contributed by atoms with Crippen molar-refractivity contribution in [2.75, 3.05) is 5.32 Å². The van der Waals surface area contributed by atoms with Crippen LogP contribution < -0.4 is 9.74 Å². The fourth-order valence-electron chi connectivity index (χ4n) is 2.52. The number of nitrogens with one attached hydrogen (secondary N) is 1. The van der Waals surface area contributed by atoms with Crippen molar-refractivity contribution in [3.63, 3.8) is 0 Å². The summed E-state index contributed by atoms with van der Waals surface area (Å²) in [4.78, 5) is 9.09. The van der Waals surface area contributed by atoms with Gasteiger partial charge in [-0.15, -0.1) is 0 Å². The van der Waals surface area contributed by atoms with Crippen molar-refractivity contribution < 1.29 is 4.43 Å². The maximum absolute atomic E-state index is 6.42. The van der Waals surface area contributed by atoms with Gasteiger partial charge in [0.05, 0.1) is 18.1 Å². The Kier molecular flexibility index (Phi) is 5.84. The molecule has 0 unspecified atom stereocenters. The highest BCUT2D eigenvalue weighted by Gasteiger charge is 2.38. The van der Waals surface area contributed by atoms with Gasteiger partial charge in [0.25, 0.3) is 0 Å². The summed E-state index contributed by atoms with van der Waals surface area (Å²) in [6.45, 7) is 12.0. The van der Waals surface area contributed by atoms with E-state index in [0.29, 0.717) is 0 Å². The molecule has 0 aliphatic heterocycles. The van der Waals surface area contributed by atoms with Gasteiger partial charge in [-0.2, -0.15) is 0 Å². The van der Waals surface area contributed by atoms with Crippen molar-refractivity contribution >= 4 is 14.1 Å². The first kappa shape index (κ1) is 20.1. The van der Waals surface area contributed by atoms with E-state index < -0.39 is 8.32 Å². The third-order valence-electron chi connectivity index (χ3n) is 5.28. The second kappa shape index (κ2) is 8.15. The molecule has 0 saturated carbocycles. The normalized spacial score (nSPS) is 11.9. The first-order valence-electron chi connectivity index (χ1n) is 9.64. The van der Waals surface area contributed by atoms with Gasteiger partial charge >= 0.3 is 0 Å². The van der Waals surface area contributed by atoms with E-state index in [-0.39, 0.29) is 5.04 Å². The predicted molar refractivity (Wildman–Crippen MR) is 119 cm³/mol. The zero-order valence-corrected chi connectivity index (χ0v) is 18.4. The van der Waals surface area contributed by atoms with Crippen LogP contribution in [-0.4, -0.2) is 18.3 Å². The lowest BCUT2D eigenvalue weighted by atomic mass is 10.1. The van der Waals surface area contributed by atoms with Crippen LogP contribution in [0.4, 0.5) is 5.82 Å². The van der Waals surface area contributed by atoms with Crippen LogP contribution in [0.1, 0.15) is 26.3 Å². The SMILES string of the molecule is CC(C)(C)[Si](C)(C)Oc1cccc(-c2cnc(NCc3ccccc3)cn2)c1. The largest absolute Gasteiger partial charge is 0.543 e. The summed E-state index contributed by atoms with van der Waals surface area (Å²) in [5, 5.41) is 3.47. The molecule has 0 aliphatic rings. The third-order valence-corrected chi connectivity index (χ3v) is 9.64. The van der Waals surface area contributed by atoms with Gasteiger partial charge in [0.1, 0.15) is 11.6 Å². The molecule has 0 amide bonds. The highest BCUT2D eigenvalue weighted by molar-refractivity contribution is 6.74. The number of benzene rings is 2. The first-order valence-corrected chi connectivity index (χ1v) is 12.5. The Balaban J connectivity index is 1.70. The maximum atomic E-state index is 6.42. The highest BCUT2D eigenvalue weighted by atomic mass is 28.4. The van der Waals surface area contributed by atoms with Gasteiger partial charge in [0, 0.05) is 12.1 Å². The molecule has 0 radical (unpaired) electrons. The van der Waals surface area contributed by atoms with E-state index in [1.807, 2.05) is 36.4 Å². The average Bonchev–Trinajstić information content (AvgIpc) is 2.67. The molecular weight excluding hydrogens is 362 g/mol. The molecule has 2 aromatic carbocycles. The lowest BCUT2D eigenvalue weighted by molar-refractivity contribution is 0.492. The minimum atomic E-state index is -1.87. The molecule has 28 heavy (non-hydrogen) atoms. The maximum Gasteiger partial charge on any atom is 0.250 e. The summed E-state index contributed by atoms with van der Waals surface area (Å²) in [7, 11) is -1.87. The Morgan fingerprint density at radius 3 is 2.32 bits per heavy atom. The van der Waals surface area contributed by atoms with E-state index in [1.54, 1.807) is 12.4 Å². The summed E-state index contributed by atoms with van der Waals surface area (Å²) in [5.74, 6) is 1.67. The number of hydrogen-bond acceptors (Lipinski definition) is 4. The molecule has 0 fully saturated rings. The molecule has 0 atom stereocenters. The Hall–Kier alpha value is -2.66. The lowest BCUT2D eigenvalue weighted by Crippen LogP contribution is -2.43. The summed E-state index contributed by atoms with van der Waals surface area (Å²) in [5.41, 5.74) is 3.06. The van der Waals surface area contributed by atoms with Gasteiger partial charge in [-0.25, -0.2) is 4.98 Å². The number of rotatable bonds is 6. The van der Waals surface area contributed by atoms with Gasteiger partial charge < -0.3 is 9.74 Å². The highest BCUT2D eigenvalue weighted by Crippen LogP contribution is 2.37. The van der Waals surface area contributed by atoms with Crippen LogP contribution in [0, 0.1) is 0 Å². The second-order valence-electron chi connectivity index (χ2n) is 8.52. The topological polar surface area (TPSA) is 47.0 Å². The van der Waals surface area contributed by atoms with E-state index in [9.17, 15) is 0 Å². The molecule has 0 bridgehead atoms. The minimum absolute atomic E-state index is 0.162. The number of anilines is 1. The zero-order chi connectivity index (χ0) is 20.2. The van der Waals surface area contributed by atoms with E-state index in [2.05, 4.69) is 67.3 Å². The molecule has 0 spiro atoms. The minimum Gasteiger partial charge on any atom is -0.543 e. The van der Waals surface area contributed by atoms with Crippen molar-refractivity contribution in [2.24, 2.45) is 0 Å². The summed E-state index contributed by atoms with van der Waals surface area (Å²) in [6, 6.07) is 18.4. The number of hydrogen-bond donors (Lipinski definition) is 1. The quantitative estimate of drug-likeness (QED) is 0.513. The van der Waals surface area contributed by atoms with Gasteiger partial charge in [0.15, 0.2) is 0 Å². The van der Waals surface area contributed by atoms with Gasteiger partial charge in [-0.3, -0.25) is 4.98 Å². The molecular formula is C23H29N3OSi. The smallest absolute Gasteiger partial charge is 0.250 e. The summed E-state index contributed by atoms with van der Waals surface area (Å²) >= 11 is 0. The molecule has 1 aromatic heterocycles. The Morgan fingerprint density at radius 2 is 1.68 bits per heavy atom. The molecule has 3 rings (SSSR count). The van der Waals surface area contributed by atoms with Crippen molar-refractivity contribution in [1.82, 2.24) is 9.97 Å². The fourth-order valence-corrected chi connectivity index (χ4v) is 3.55. The predicted octanol–water partition coefficient (Wildman–Crippen LogP) is 6.14. The summed E-state index contributed by atoms with van der Waals surface area (Å²) < 4.78 is 6.42. The molecule has 1 heterocycles. The zero-order valence-electron chi connectivity index (χ0n) is 17.4. The number of aromatic nitrogens is 2. The Morgan fingerprint density at radius 1 is 0.929 bits per heavy atom. The van der Waals surface area contributed by atoms with Crippen LogP contribution in [0.5, 0.6) is 5.75 Å². The molecule has 0 aliphatic carbocycles. The summed E-state index contributed by atoms with van der Waals surface area (Å²) in [6.07, 6.45) is 3.58. The molecule has 1 N–H and O–H groups in total. The Bertz CT molecular complexity index is 903. The molecule has 146 valence electrons. The van der Waals surface area contributed by atoms with Gasteiger partial charge in [-0.05, 0) is 35.8 Å². The second-order valence-corrected chi connectivity index (χ2v) is 13.2. The van der Waals surface area contributed by atoms with Gasteiger partial charge in [-0.1, -0.05) is 63.2 Å². The molecule has 3 aromatic rings. The molecule has 0 saturated heterocycles. The lowest BCUT2D eigenvalue weighted by Gasteiger charge is -2.36. The number of nitrogens with zero attached hydrogens (tertiary/aromatic N) is 2.